The molecule has 0 spiro atoms. The van der Waals surface area contributed by atoms with Gasteiger partial charge in [0.15, 0.2) is 0 Å². The molecule has 3 nitrogen and oxygen atoms in total. The largest absolute Gasteiger partial charge is 0.508 e. The van der Waals surface area contributed by atoms with Gasteiger partial charge in [0, 0.05) is 46.7 Å². The van der Waals surface area contributed by atoms with E-state index in [-0.39, 0.29) is 24.8 Å². The van der Waals surface area contributed by atoms with Gasteiger partial charge in [-0.05, 0) is 30.9 Å². The first-order valence-corrected chi connectivity index (χ1v) is 8.38. The Bertz CT molecular complexity index is 457. The highest BCUT2D eigenvalue weighted by molar-refractivity contribution is 9.11. The van der Waals surface area contributed by atoms with E-state index in [9.17, 15) is 5.11 Å². The van der Waals surface area contributed by atoms with Gasteiger partial charge < -0.3 is 10.4 Å². The van der Waals surface area contributed by atoms with Crippen molar-refractivity contribution in [2.45, 2.75) is 18.9 Å². The third-order valence-electron chi connectivity index (χ3n) is 3.98. The van der Waals surface area contributed by atoms with Crippen LogP contribution in [0.4, 0.5) is 0 Å². The van der Waals surface area contributed by atoms with Gasteiger partial charge in [-0.15, -0.1) is 24.8 Å². The Labute approximate surface area is 154 Å². The molecule has 1 aromatic carbocycles. The summed E-state index contributed by atoms with van der Waals surface area (Å²) < 4.78 is 1.92. The maximum atomic E-state index is 10.3. The topological polar surface area (TPSA) is 35.5 Å². The zero-order valence-electron chi connectivity index (χ0n) is 11.5. The number of halogens is 4. The fourth-order valence-corrected chi connectivity index (χ4v) is 4.39. The molecule has 1 aliphatic carbocycles. The van der Waals surface area contributed by atoms with Crippen molar-refractivity contribution < 1.29 is 5.11 Å². The summed E-state index contributed by atoms with van der Waals surface area (Å²) in [4.78, 5) is 2.52. The standard InChI is InChI=1S/C14H18Br2N2O.2ClH/c15-10-7-11(16)13(12(19)8-10)14(9-1-2-9)18-5-3-17-4-6-18;;/h7-9,14,17,19H,1-6H2;2*1H/t14-;;/m0../s1. The van der Waals surface area contributed by atoms with Crippen molar-refractivity contribution in [1.82, 2.24) is 10.2 Å². The molecule has 1 heterocycles. The molecule has 0 amide bonds. The molecule has 0 aromatic heterocycles. The molecule has 0 unspecified atom stereocenters. The summed E-state index contributed by atoms with van der Waals surface area (Å²) in [6.07, 6.45) is 2.55. The lowest BCUT2D eigenvalue weighted by molar-refractivity contribution is 0.153. The number of nitrogens with one attached hydrogen (secondary N) is 1. The molecular formula is C14H20Br2Cl2N2O. The zero-order chi connectivity index (χ0) is 13.4. The molecule has 1 aromatic rings. The van der Waals surface area contributed by atoms with E-state index in [2.05, 4.69) is 42.1 Å². The molecule has 1 saturated heterocycles. The fraction of sp³-hybridized carbons (Fsp3) is 0.571. The van der Waals surface area contributed by atoms with Gasteiger partial charge in [0.2, 0.25) is 0 Å². The lowest BCUT2D eigenvalue weighted by atomic mass is 9.99. The quantitative estimate of drug-likeness (QED) is 0.709. The van der Waals surface area contributed by atoms with E-state index < -0.39 is 0 Å². The third-order valence-corrected chi connectivity index (χ3v) is 5.10. The Balaban J connectivity index is 0.00000110. The van der Waals surface area contributed by atoms with Crippen LogP contribution in [-0.2, 0) is 0 Å². The van der Waals surface area contributed by atoms with E-state index in [1.165, 1.54) is 12.8 Å². The Morgan fingerprint density at radius 2 is 1.76 bits per heavy atom. The van der Waals surface area contributed by atoms with Crippen molar-refractivity contribution in [2.24, 2.45) is 5.92 Å². The second kappa shape index (κ2) is 8.37. The smallest absolute Gasteiger partial charge is 0.122 e. The number of aromatic hydroxyl groups is 1. The van der Waals surface area contributed by atoms with Gasteiger partial charge in [-0.2, -0.15) is 0 Å². The van der Waals surface area contributed by atoms with E-state index in [4.69, 9.17) is 0 Å². The van der Waals surface area contributed by atoms with Crippen molar-refractivity contribution >= 4 is 56.7 Å². The van der Waals surface area contributed by atoms with E-state index in [1.807, 2.05) is 6.07 Å². The summed E-state index contributed by atoms with van der Waals surface area (Å²) in [7, 11) is 0. The van der Waals surface area contributed by atoms with Crippen LogP contribution in [0.2, 0.25) is 0 Å². The van der Waals surface area contributed by atoms with Crippen LogP contribution in [0.5, 0.6) is 5.75 Å². The predicted molar refractivity (Wildman–Crippen MR) is 97.9 cm³/mol. The minimum atomic E-state index is 0. The highest BCUT2D eigenvalue weighted by Crippen LogP contribution is 2.49. The van der Waals surface area contributed by atoms with Crippen LogP contribution < -0.4 is 5.32 Å². The summed E-state index contributed by atoms with van der Waals surface area (Å²) in [6, 6.07) is 4.19. The number of nitrogens with zero attached hydrogens (tertiary/aromatic N) is 1. The average molecular weight is 463 g/mol. The molecule has 0 bridgehead atoms. The van der Waals surface area contributed by atoms with Crippen LogP contribution in [0.25, 0.3) is 0 Å². The zero-order valence-corrected chi connectivity index (χ0v) is 16.3. The molecule has 1 aliphatic heterocycles. The average Bonchev–Trinajstić information content (AvgIpc) is 3.18. The SMILES string of the molecule is Cl.Cl.Oc1cc(Br)cc(Br)c1[C@H](C1CC1)N1CCNCC1. The normalized spacial score (nSPS) is 20.3. The minimum absolute atomic E-state index is 0. The van der Waals surface area contributed by atoms with Crippen LogP contribution in [0, 0.1) is 5.92 Å². The van der Waals surface area contributed by atoms with Crippen LogP contribution in [0.15, 0.2) is 21.1 Å². The van der Waals surface area contributed by atoms with Gasteiger partial charge in [0.25, 0.3) is 0 Å². The van der Waals surface area contributed by atoms with Crippen LogP contribution in [0.3, 0.4) is 0 Å². The summed E-state index contributed by atoms with van der Waals surface area (Å²) in [5.41, 5.74) is 1.06. The van der Waals surface area contributed by atoms with Gasteiger partial charge in [-0.1, -0.05) is 31.9 Å². The minimum Gasteiger partial charge on any atom is -0.508 e. The first kappa shape index (κ1) is 19.5. The molecule has 120 valence electrons. The predicted octanol–water partition coefficient (Wildman–Crippen LogP) is 4.12. The lowest BCUT2D eigenvalue weighted by Gasteiger charge is -2.36. The summed E-state index contributed by atoms with van der Waals surface area (Å²) in [5.74, 6) is 1.10. The Hall–Kier alpha value is 0.480. The second-order valence-corrected chi connectivity index (χ2v) is 7.16. The molecule has 1 atom stereocenters. The Morgan fingerprint density at radius 1 is 1.14 bits per heavy atom. The monoisotopic (exact) mass is 460 g/mol. The van der Waals surface area contributed by atoms with Crippen molar-refractivity contribution in [1.29, 1.82) is 0 Å². The van der Waals surface area contributed by atoms with Crippen molar-refractivity contribution in [3.63, 3.8) is 0 Å². The van der Waals surface area contributed by atoms with E-state index in [0.29, 0.717) is 17.7 Å². The maximum Gasteiger partial charge on any atom is 0.122 e. The number of phenols is 1. The molecule has 1 saturated carbocycles. The first-order valence-electron chi connectivity index (χ1n) is 6.79. The van der Waals surface area contributed by atoms with Crippen molar-refractivity contribution in [3.8, 4) is 5.75 Å². The molecular weight excluding hydrogens is 443 g/mol. The van der Waals surface area contributed by atoms with Crippen molar-refractivity contribution in [2.75, 3.05) is 26.2 Å². The van der Waals surface area contributed by atoms with Crippen molar-refractivity contribution in [3.05, 3.63) is 26.6 Å². The molecule has 2 fully saturated rings. The van der Waals surface area contributed by atoms with E-state index >= 15 is 0 Å². The number of phenolic OH excluding ortho intramolecular Hbond substituents is 1. The molecule has 2 aliphatic rings. The van der Waals surface area contributed by atoms with Crippen LogP contribution in [-0.4, -0.2) is 36.2 Å². The number of rotatable bonds is 3. The Morgan fingerprint density at radius 3 is 2.29 bits per heavy atom. The molecule has 3 rings (SSSR count). The van der Waals surface area contributed by atoms with Gasteiger partial charge in [0.05, 0.1) is 0 Å². The molecule has 7 heteroatoms. The number of benzene rings is 1. The highest BCUT2D eigenvalue weighted by atomic mass is 79.9. The fourth-order valence-electron chi connectivity index (χ4n) is 2.95. The van der Waals surface area contributed by atoms with Crippen LogP contribution in [0.1, 0.15) is 24.4 Å². The lowest BCUT2D eigenvalue weighted by Crippen LogP contribution is -2.45. The van der Waals surface area contributed by atoms with E-state index in [0.717, 1.165) is 40.7 Å². The summed E-state index contributed by atoms with van der Waals surface area (Å²) >= 11 is 7.06. The Kier molecular flexibility index (Phi) is 7.78. The third kappa shape index (κ3) is 4.49. The summed E-state index contributed by atoms with van der Waals surface area (Å²) in [5, 5.41) is 13.7. The van der Waals surface area contributed by atoms with E-state index in [1.54, 1.807) is 6.07 Å². The summed E-state index contributed by atoms with van der Waals surface area (Å²) in [6.45, 7) is 4.20. The maximum absolute atomic E-state index is 10.3. The van der Waals surface area contributed by atoms with Gasteiger partial charge >= 0.3 is 0 Å². The van der Waals surface area contributed by atoms with Gasteiger partial charge in [0.1, 0.15) is 5.75 Å². The first-order chi connectivity index (χ1) is 9.16. The molecule has 21 heavy (non-hydrogen) atoms. The van der Waals surface area contributed by atoms with Crippen LogP contribution >= 0.6 is 56.7 Å². The second-order valence-electron chi connectivity index (χ2n) is 5.39. The van der Waals surface area contributed by atoms with Gasteiger partial charge in [-0.3, -0.25) is 4.90 Å². The highest BCUT2D eigenvalue weighted by Gasteiger charge is 2.39. The number of piperazine rings is 1. The van der Waals surface area contributed by atoms with Gasteiger partial charge in [-0.25, -0.2) is 0 Å². The number of hydrogen-bond acceptors (Lipinski definition) is 3. The molecule has 2 N–H and O–H groups in total. The molecule has 0 radical (unpaired) electrons. The number of hydrogen-bond donors (Lipinski definition) is 2.